The first kappa shape index (κ1) is 94.8. The van der Waals surface area contributed by atoms with Gasteiger partial charge in [-0.05, 0) is 169 Å². The molecule has 0 bridgehead atoms. The van der Waals surface area contributed by atoms with Crippen molar-refractivity contribution in [3.05, 3.63) is 166 Å². The summed E-state index contributed by atoms with van der Waals surface area (Å²) in [5.41, 5.74) is 6.36. The van der Waals surface area contributed by atoms with Crippen molar-refractivity contribution in [2.75, 3.05) is 76.3 Å². The van der Waals surface area contributed by atoms with E-state index in [4.69, 9.17) is 32.1 Å². The number of allylic oxidation sites excluding steroid dienone is 7. The molecule has 0 saturated carbocycles. The van der Waals surface area contributed by atoms with Crippen molar-refractivity contribution in [2.45, 2.75) is 165 Å². The minimum atomic E-state index is -4.61. The first-order chi connectivity index (χ1) is 53.5. The molecule has 622 valence electrons. The predicted octanol–water partition coefficient (Wildman–Crippen LogP) is 7.33. The Bertz CT molecular complexity index is 4740. The van der Waals surface area contributed by atoms with Crippen LogP contribution in [-0.4, -0.2) is 218 Å². The number of carboxylic acid groups (broad SMARTS) is 3. The maximum Gasteiger partial charge on any atom is 0.425 e. The van der Waals surface area contributed by atoms with E-state index < -0.39 is 111 Å². The number of carbonyl (C=O) groups is 7. The van der Waals surface area contributed by atoms with Crippen molar-refractivity contribution in [1.29, 1.82) is 0 Å². The number of amides is 3. The van der Waals surface area contributed by atoms with Gasteiger partial charge in [0, 0.05) is 124 Å². The number of benzene rings is 4. The molecule has 0 unspecified atom stereocenters. The lowest BCUT2D eigenvalue weighted by Gasteiger charge is -2.27. The Labute approximate surface area is 665 Å². The molecule has 2 aliphatic heterocycles. The minimum Gasteiger partial charge on any atom is -0.748 e. The number of ketones is 2. The summed E-state index contributed by atoms with van der Waals surface area (Å²) in [6.07, 6.45) is 11.4. The van der Waals surface area contributed by atoms with Crippen LogP contribution < -0.4 is 25.6 Å². The quantitative estimate of drug-likeness (QED) is 0.0122. The predicted molar refractivity (Wildman–Crippen MR) is 418 cm³/mol. The van der Waals surface area contributed by atoms with Crippen LogP contribution in [0.1, 0.15) is 146 Å². The molecule has 0 radical (unpaired) electrons. The van der Waals surface area contributed by atoms with Gasteiger partial charge in [0.2, 0.25) is 11.6 Å². The van der Waals surface area contributed by atoms with Crippen LogP contribution in [0.5, 0.6) is 5.75 Å². The molecule has 0 fully saturated rings. The molecule has 0 spiro atoms. The summed E-state index contributed by atoms with van der Waals surface area (Å²) in [6.45, 7) is 10.8. The second kappa shape index (κ2) is 44.8. The molecule has 8 N–H and O–H groups in total. The Balaban J connectivity index is 0.00000318. The molecule has 4 aromatic rings. The fourth-order valence-electron chi connectivity index (χ4n) is 13.6. The molecule has 0 aromatic heterocycles. The number of nitrogens with zero attached hydrogens (tertiary/aromatic N) is 4. The number of hydrogen-bond acceptors (Lipinski definition) is 23. The third-order valence-corrected chi connectivity index (χ3v) is 22.0. The van der Waals surface area contributed by atoms with Crippen molar-refractivity contribution in [3.63, 3.8) is 0 Å². The van der Waals surface area contributed by atoms with Gasteiger partial charge in [-0.2, -0.15) is 31.0 Å². The van der Waals surface area contributed by atoms with E-state index in [9.17, 15) is 82.7 Å². The van der Waals surface area contributed by atoms with Gasteiger partial charge >= 0.3 is 40.7 Å². The standard InChI is InChI=1S/C77H101N7O20S3.CO2.O3S/c1-76(2)62-24-10-11-25-66(62)83(42-12-14-47-105(95,96)97)68(76)37-29-55-21-16-22-56(30-38-69-77(3,4)63-52-61(107(101,102)103)34-36-67(63)84(69)43-13-15-48-106(98,99)100)71(55)104-60-32-27-54(28-33-60)50-65(74(92)93)79-72(89)57(49-53-19-8-7-9-20-53)51-59(86)39-44-82(6)46-45-81(5)41-18-23-58(85)31-35-64(73(90)91)80-75(94)78-40-17-26-70(87)88;2-1-3;1-4(2)3/h7-11,19-20,24-25,27-30,32-34,36-38,52,57,64-65H,12-18,21-23,26,31,35,39-51H2,1-6H3,(H8-,78,79,80,87,88,89,90,91,92,93,94,95,96,97,98,99,100,101,102,103);;/t57-,64+,65+;;/m1../s1. The van der Waals surface area contributed by atoms with Gasteiger partial charge in [-0.1, -0.05) is 80.6 Å². The Kier molecular flexibility index (Phi) is 37.3. The molecule has 2 heterocycles. The van der Waals surface area contributed by atoms with E-state index >= 15 is 0 Å². The number of para-hydroxylation sites is 1. The highest BCUT2D eigenvalue weighted by Crippen LogP contribution is 2.49. The highest BCUT2D eigenvalue weighted by atomic mass is 32.2. The Morgan fingerprint density at radius 2 is 1.29 bits per heavy atom. The fourth-order valence-corrected chi connectivity index (χ4v) is 15.2. The normalized spacial score (nSPS) is 15.9. The minimum absolute atomic E-state index is 0.0407. The molecule has 32 nitrogen and oxygen atoms in total. The molecular weight excluding hydrogens is 1560 g/mol. The number of nitrogens with one attached hydrogen (secondary N) is 3. The number of carboxylic acids is 3. The third kappa shape index (κ3) is 31.6. The van der Waals surface area contributed by atoms with Crippen molar-refractivity contribution in [3.8, 4) is 5.75 Å². The highest BCUT2D eigenvalue weighted by Gasteiger charge is 2.45. The summed E-state index contributed by atoms with van der Waals surface area (Å²) < 4.78 is 137. The number of hydrogen-bond donors (Lipinski definition) is 8. The zero-order chi connectivity index (χ0) is 84.7. The molecule has 4 aromatic carbocycles. The van der Waals surface area contributed by atoms with Gasteiger partial charge < -0.3 is 55.3 Å². The van der Waals surface area contributed by atoms with E-state index in [2.05, 4.69) is 34.4 Å². The van der Waals surface area contributed by atoms with Crippen LogP contribution >= 0.6 is 0 Å². The first-order valence-electron chi connectivity index (χ1n) is 36.9. The van der Waals surface area contributed by atoms with Gasteiger partial charge in [0.15, 0.2) is 5.71 Å². The summed E-state index contributed by atoms with van der Waals surface area (Å²) in [5.74, 6) is -5.58. The number of rotatable bonds is 44. The summed E-state index contributed by atoms with van der Waals surface area (Å²) >= 11 is 0. The Morgan fingerprint density at radius 3 is 1.91 bits per heavy atom. The van der Waals surface area contributed by atoms with Gasteiger partial charge in [0.05, 0.1) is 26.2 Å². The second-order valence-corrected chi connectivity index (χ2v) is 33.9. The second-order valence-electron chi connectivity index (χ2n) is 28.9. The highest BCUT2D eigenvalue weighted by molar-refractivity contribution is 7.86. The van der Waals surface area contributed by atoms with E-state index in [0.717, 1.165) is 39.4 Å². The van der Waals surface area contributed by atoms with Crippen LogP contribution in [0.4, 0.5) is 16.2 Å². The average molecular weight is 1660 g/mol. The summed E-state index contributed by atoms with van der Waals surface area (Å²) in [5, 5.41) is 36.4. The van der Waals surface area contributed by atoms with E-state index in [1.54, 1.807) is 30.3 Å². The average Bonchev–Trinajstić information content (AvgIpc) is 1.59. The van der Waals surface area contributed by atoms with Gasteiger partial charge in [-0.15, -0.1) is 12.6 Å². The maximum atomic E-state index is 14.3. The van der Waals surface area contributed by atoms with Gasteiger partial charge in [-0.25, -0.2) is 22.8 Å². The molecule has 36 heteroatoms. The number of fused-ring (bicyclic) bond motifs is 2. The summed E-state index contributed by atoms with van der Waals surface area (Å²) in [4.78, 5) is 110. The van der Waals surface area contributed by atoms with E-state index in [1.807, 2.05) is 122 Å². The zero-order valence-corrected chi connectivity index (χ0v) is 67.8. The molecule has 0 saturated heterocycles. The van der Waals surface area contributed by atoms with E-state index in [0.29, 0.717) is 99.6 Å². The number of likely N-dealkylation sites (N-methyl/N-ethyl adjacent to an activating group) is 2. The smallest absolute Gasteiger partial charge is 0.425 e. The summed E-state index contributed by atoms with van der Waals surface area (Å²) in [7, 11) is -12.7. The fraction of sp³-hybridized carbons (Fsp3) is 0.474. The zero-order valence-electron chi connectivity index (χ0n) is 64.5. The van der Waals surface area contributed by atoms with E-state index in [1.165, 1.54) is 12.1 Å². The van der Waals surface area contributed by atoms with Crippen molar-refractivity contribution in [1.82, 2.24) is 25.8 Å². The van der Waals surface area contributed by atoms with Crippen LogP contribution in [-0.2, 0) is 103 Å². The van der Waals surface area contributed by atoms with Gasteiger partial charge in [-0.3, -0.25) is 28.3 Å². The number of aliphatic carboxylic acids is 3. The first-order valence-corrected chi connectivity index (χ1v) is 42.5. The Morgan fingerprint density at radius 1 is 0.667 bits per heavy atom. The Hall–Kier alpha value is -9.75. The van der Waals surface area contributed by atoms with Crippen LogP contribution in [0.25, 0.3) is 0 Å². The number of carbonyl (C=O) groups excluding carboxylic acids is 6. The van der Waals surface area contributed by atoms with Crippen LogP contribution in [0.3, 0.4) is 0 Å². The SMILES string of the molecule is CN(CCCC(=O)CC[C@H](NC(=O)NCCCC(=O)O)C(=O)O)CCN(C)CCC(=O)C[C@@H](Cc1ccccc1)C(=O)N[C@@H](Cc1ccc(OC2=C(/C=C/C3=[N+](CCCCS(=O)(=O)[O-])c4ccccc4C3(C)C)CCC/C2=C\C=C2\N(CCCCS(=O)(=O)O)c3ccc(S(=O)(=O)O)cc3C2(C)C)cc1)C(=O)O.O=C=O.O=S(=O)=O. The lowest BCUT2D eigenvalue weighted by Crippen LogP contribution is -2.46. The number of unbranched alkanes of at least 4 members (excludes halogenated alkanes) is 2. The number of anilines is 1. The molecular formula is C78H101N7O25S4. The van der Waals surface area contributed by atoms with Gasteiger partial charge in [0.25, 0.3) is 20.2 Å². The molecule has 3 atom stereocenters. The number of ether oxygens (including phenoxy) is 1. The molecule has 7 rings (SSSR count). The lowest BCUT2D eigenvalue weighted by molar-refractivity contribution is -0.438. The molecule has 3 aliphatic rings. The van der Waals surface area contributed by atoms with Crippen LogP contribution in [0, 0.1) is 5.92 Å². The van der Waals surface area contributed by atoms with Gasteiger partial charge in [0.1, 0.15) is 41.7 Å². The lowest BCUT2D eigenvalue weighted by atomic mass is 9.81. The van der Waals surface area contributed by atoms with Crippen molar-refractivity contribution >= 4 is 106 Å². The van der Waals surface area contributed by atoms with E-state index in [-0.39, 0.29) is 106 Å². The molecule has 114 heavy (non-hydrogen) atoms. The topological polar surface area (TPSA) is 490 Å². The molecule has 1 aliphatic carbocycles. The maximum absolute atomic E-state index is 14.3. The monoisotopic (exact) mass is 1660 g/mol. The summed E-state index contributed by atoms with van der Waals surface area (Å²) in [6, 6.07) is 24.7. The number of urea groups is 1. The number of Topliss-reactive ketones (excluding diaryl/α,β-unsaturated/α-hetero) is 2. The molecule has 3 amide bonds. The van der Waals surface area contributed by atoms with Crippen LogP contribution in [0.15, 0.2) is 149 Å². The van der Waals surface area contributed by atoms with Crippen molar-refractivity contribution < 1.29 is 119 Å². The largest absolute Gasteiger partial charge is 0.748 e. The van der Waals surface area contributed by atoms with Crippen molar-refractivity contribution in [2.24, 2.45) is 5.92 Å². The third-order valence-electron chi connectivity index (χ3n) is 19.5. The van der Waals surface area contributed by atoms with Crippen LogP contribution in [0.2, 0.25) is 0 Å².